The number of hydrogen-bond acceptors (Lipinski definition) is 5. The lowest BCUT2D eigenvalue weighted by molar-refractivity contribution is 0.180. The molecule has 1 N–H and O–H groups in total. The van der Waals surface area contributed by atoms with Crippen LogP contribution >= 0.6 is 34.4 Å². The van der Waals surface area contributed by atoms with Crippen molar-refractivity contribution in [2.24, 2.45) is 0 Å². The largest absolute Gasteiger partial charge is 0.378 e. The van der Waals surface area contributed by atoms with E-state index in [0.29, 0.717) is 6.61 Å². The standard InChI is InChI=1S/C12H20IN3OS/c1-4-6-18-8-10-15-9(7-17-3)11(13)12(16-10)14-5-2/h4-8H2,1-3H3,(H,14,15,16). The zero-order chi connectivity index (χ0) is 13.4. The summed E-state index contributed by atoms with van der Waals surface area (Å²) in [5.74, 6) is 3.81. The quantitative estimate of drug-likeness (QED) is 0.553. The molecule has 0 saturated carbocycles. The van der Waals surface area contributed by atoms with Gasteiger partial charge >= 0.3 is 0 Å². The molecule has 0 aliphatic carbocycles. The van der Waals surface area contributed by atoms with E-state index >= 15 is 0 Å². The highest BCUT2D eigenvalue weighted by atomic mass is 127. The number of hydrogen-bond donors (Lipinski definition) is 1. The molecule has 0 radical (unpaired) electrons. The summed E-state index contributed by atoms with van der Waals surface area (Å²) in [6.45, 7) is 5.65. The van der Waals surface area contributed by atoms with Crippen molar-refractivity contribution in [3.8, 4) is 0 Å². The SMILES string of the molecule is CCCSCc1nc(COC)c(I)c(NCC)n1. The first kappa shape index (κ1) is 16.0. The van der Waals surface area contributed by atoms with Crippen LogP contribution in [0.1, 0.15) is 31.8 Å². The highest BCUT2D eigenvalue weighted by Gasteiger charge is 2.11. The fourth-order valence-corrected chi connectivity index (χ4v) is 2.77. The van der Waals surface area contributed by atoms with Gasteiger partial charge in [0.05, 0.1) is 21.6 Å². The molecule has 0 spiro atoms. The number of anilines is 1. The third-order valence-corrected chi connectivity index (χ3v) is 4.46. The Morgan fingerprint density at radius 2 is 2.11 bits per heavy atom. The summed E-state index contributed by atoms with van der Waals surface area (Å²) in [5.41, 5.74) is 0.969. The fraction of sp³-hybridized carbons (Fsp3) is 0.667. The molecule has 0 saturated heterocycles. The predicted octanol–water partition coefficient (Wildman–Crippen LogP) is 3.30. The van der Waals surface area contributed by atoms with E-state index in [2.05, 4.69) is 51.7 Å². The lowest BCUT2D eigenvalue weighted by atomic mass is 10.4. The van der Waals surface area contributed by atoms with E-state index in [0.717, 1.165) is 39.0 Å². The van der Waals surface area contributed by atoms with E-state index in [1.54, 1.807) is 7.11 Å². The Balaban J connectivity index is 2.88. The monoisotopic (exact) mass is 381 g/mol. The molecule has 0 unspecified atom stereocenters. The second-order valence-electron chi connectivity index (χ2n) is 3.77. The molecule has 4 nitrogen and oxygen atoms in total. The maximum Gasteiger partial charge on any atom is 0.143 e. The zero-order valence-corrected chi connectivity index (χ0v) is 14.1. The van der Waals surface area contributed by atoms with Crippen LogP contribution in [0, 0.1) is 3.57 Å². The van der Waals surface area contributed by atoms with Crippen molar-refractivity contribution in [1.29, 1.82) is 0 Å². The lowest BCUT2D eigenvalue weighted by Crippen LogP contribution is -2.10. The van der Waals surface area contributed by atoms with Crippen LogP contribution < -0.4 is 5.32 Å². The fourth-order valence-electron chi connectivity index (χ4n) is 1.43. The molecule has 0 amide bonds. The summed E-state index contributed by atoms with van der Waals surface area (Å²) < 4.78 is 6.25. The highest BCUT2D eigenvalue weighted by molar-refractivity contribution is 14.1. The molecule has 0 bridgehead atoms. The maximum absolute atomic E-state index is 5.19. The summed E-state index contributed by atoms with van der Waals surface area (Å²) in [4.78, 5) is 9.14. The minimum atomic E-state index is 0.532. The molecule has 0 atom stereocenters. The Labute approximate surface area is 127 Å². The summed E-state index contributed by atoms with van der Waals surface area (Å²) in [7, 11) is 1.69. The first-order valence-electron chi connectivity index (χ1n) is 6.08. The summed E-state index contributed by atoms with van der Waals surface area (Å²) in [6.07, 6.45) is 1.18. The highest BCUT2D eigenvalue weighted by Crippen LogP contribution is 2.21. The Hall–Kier alpha value is -0.0800. The van der Waals surface area contributed by atoms with Crippen molar-refractivity contribution in [3.63, 3.8) is 0 Å². The minimum absolute atomic E-state index is 0.532. The Morgan fingerprint density at radius 1 is 1.33 bits per heavy atom. The van der Waals surface area contributed by atoms with E-state index in [9.17, 15) is 0 Å². The van der Waals surface area contributed by atoms with Gasteiger partial charge in [-0.1, -0.05) is 6.92 Å². The molecule has 0 aromatic carbocycles. The van der Waals surface area contributed by atoms with Crippen LogP contribution in [0.3, 0.4) is 0 Å². The van der Waals surface area contributed by atoms with Gasteiger partial charge in [0.15, 0.2) is 0 Å². The van der Waals surface area contributed by atoms with Crippen molar-refractivity contribution in [2.75, 3.05) is 24.7 Å². The van der Waals surface area contributed by atoms with Crippen molar-refractivity contribution < 1.29 is 4.74 Å². The molecule has 1 aromatic rings. The van der Waals surface area contributed by atoms with Crippen LogP contribution in [0.2, 0.25) is 0 Å². The zero-order valence-electron chi connectivity index (χ0n) is 11.1. The van der Waals surface area contributed by atoms with Crippen LogP contribution in [0.25, 0.3) is 0 Å². The summed E-state index contributed by atoms with van der Waals surface area (Å²) in [6, 6.07) is 0. The van der Waals surface area contributed by atoms with Crippen LogP contribution in [0.15, 0.2) is 0 Å². The molecule has 1 rings (SSSR count). The van der Waals surface area contributed by atoms with E-state index in [-0.39, 0.29) is 0 Å². The number of nitrogens with one attached hydrogen (secondary N) is 1. The van der Waals surface area contributed by atoms with Gasteiger partial charge in [-0.2, -0.15) is 11.8 Å². The maximum atomic E-state index is 5.19. The molecule has 1 aromatic heterocycles. The number of nitrogens with zero attached hydrogens (tertiary/aromatic N) is 2. The summed E-state index contributed by atoms with van der Waals surface area (Å²) >= 11 is 4.14. The number of ether oxygens (including phenoxy) is 1. The number of halogens is 1. The van der Waals surface area contributed by atoms with Crippen LogP contribution in [0.4, 0.5) is 5.82 Å². The minimum Gasteiger partial charge on any atom is -0.378 e. The van der Waals surface area contributed by atoms with Gasteiger partial charge in [0.25, 0.3) is 0 Å². The Kier molecular flexibility index (Phi) is 7.92. The van der Waals surface area contributed by atoms with Gasteiger partial charge < -0.3 is 10.1 Å². The molecule has 18 heavy (non-hydrogen) atoms. The Bertz CT molecular complexity index is 349. The normalized spacial score (nSPS) is 10.7. The van der Waals surface area contributed by atoms with Gasteiger partial charge in [0.1, 0.15) is 11.6 Å². The predicted molar refractivity (Wildman–Crippen MR) is 86.1 cm³/mol. The van der Waals surface area contributed by atoms with E-state index in [4.69, 9.17) is 4.74 Å². The second-order valence-corrected chi connectivity index (χ2v) is 5.95. The molecule has 0 aliphatic rings. The smallest absolute Gasteiger partial charge is 0.143 e. The Morgan fingerprint density at radius 3 is 2.72 bits per heavy atom. The molecular formula is C12H20IN3OS. The second kappa shape index (κ2) is 8.92. The van der Waals surface area contributed by atoms with Gasteiger partial charge in [0, 0.05) is 13.7 Å². The third-order valence-electron chi connectivity index (χ3n) is 2.17. The molecule has 6 heteroatoms. The van der Waals surface area contributed by atoms with E-state index in [1.807, 2.05) is 11.8 Å². The van der Waals surface area contributed by atoms with Gasteiger partial charge in [-0.3, -0.25) is 0 Å². The summed E-state index contributed by atoms with van der Waals surface area (Å²) in [5, 5.41) is 3.28. The third kappa shape index (κ3) is 4.89. The van der Waals surface area contributed by atoms with Crippen molar-refractivity contribution in [2.45, 2.75) is 32.6 Å². The van der Waals surface area contributed by atoms with Crippen LogP contribution in [-0.4, -0.2) is 29.4 Å². The van der Waals surface area contributed by atoms with E-state index < -0.39 is 0 Å². The lowest BCUT2D eigenvalue weighted by Gasteiger charge is -2.11. The van der Waals surface area contributed by atoms with E-state index in [1.165, 1.54) is 6.42 Å². The van der Waals surface area contributed by atoms with Gasteiger partial charge in [0.2, 0.25) is 0 Å². The molecule has 1 heterocycles. The molecule has 0 aliphatic heterocycles. The van der Waals surface area contributed by atoms with Gasteiger partial charge in [-0.05, 0) is 41.7 Å². The van der Waals surface area contributed by atoms with Crippen molar-refractivity contribution in [1.82, 2.24) is 9.97 Å². The topological polar surface area (TPSA) is 47.0 Å². The first-order chi connectivity index (χ1) is 8.72. The number of thioether (sulfide) groups is 1. The van der Waals surface area contributed by atoms with Gasteiger partial charge in [-0.25, -0.2) is 9.97 Å². The number of rotatable bonds is 8. The first-order valence-corrected chi connectivity index (χ1v) is 8.32. The molecular weight excluding hydrogens is 361 g/mol. The average Bonchev–Trinajstić information content (AvgIpc) is 2.35. The van der Waals surface area contributed by atoms with Gasteiger partial charge in [-0.15, -0.1) is 0 Å². The number of aromatic nitrogens is 2. The van der Waals surface area contributed by atoms with Crippen molar-refractivity contribution in [3.05, 3.63) is 15.1 Å². The average molecular weight is 381 g/mol. The van der Waals surface area contributed by atoms with Crippen molar-refractivity contribution >= 4 is 40.2 Å². The number of methoxy groups -OCH3 is 1. The van der Waals surface area contributed by atoms with Crippen LogP contribution in [0.5, 0.6) is 0 Å². The molecule has 0 fully saturated rings. The van der Waals surface area contributed by atoms with Crippen LogP contribution in [-0.2, 0) is 17.1 Å². The molecule has 102 valence electrons.